The van der Waals surface area contributed by atoms with E-state index in [-0.39, 0.29) is 4.90 Å². The normalized spacial score (nSPS) is 16.9. The highest BCUT2D eigenvalue weighted by molar-refractivity contribution is 8.00. The Hall–Kier alpha value is -1.90. The molecule has 2 aromatic rings. The van der Waals surface area contributed by atoms with Crippen LogP contribution in [0.2, 0.25) is 0 Å². The van der Waals surface area contributed by atoms with Gasteiger partial charge < -0.3 is 5.73 Å². The second kappa shape index (κ2) is 8.20. The van der Waals surface area contributed by atoms with E-state index in [4.69, 9.17) is 5.73 Å². The molecule has 0 radical (unpaired) electrons. The Balaban J connectivity index is 1.77. The van der Waals surface area contributed by atoms with E-state index in [0.29, 0.717) is 18.1 Å². The maximum absolute atomic E-state index is 12.7. The van der Waals surface area contributed by atoms with Gasteiger partial charge in [0.1, 0.15) is 10.1 Å². The monoisotopic (exact) mass is 391 g/mol. The number of sulfonamides is 1. The zero-order valence-corrected chi connectivity index (χ0v) is 15.9. The van der Waals surface area contributed by atoms with Crippen LogP contribution in [0, 0.1) is 0 Å². The van der Waals surface area contributed by atoms with Crippen molar-refractivity contribution in [3.8, 4) is 0 Å². The van der Waals surface area contributed by atoms with Gasteiger partial charge in [-0.25, -0.2) is 13.4 Å². The summed E-state index contributed by atoms with van der Waals surface area (Å²) in [6.45, 7) is 1.10. The molecule has 0 aliphatic carbocycles. The minimum Gasteiger partial charge on any atom is -0.368 e. The van der Waals surface area contributed by atoms with Crippen molar-refractivity contribution in [1.29, 1.82) is 0 Å². The van der Waals surface area contributed by atoms with E-state index in [0.717, 1.165) is 24.8 Å². The molecule has 0 saturated carbocycles. The Morgan fingerprint density at radius 2 is 1.77 bits per heavy atom. The van der Waals surface area contributed by atoms with Crippen molar-refractivity contribution in [2.45, 2.75) is 34.4 Å². The number of amides is 1. The number of aromatic nitrogens is 1. The highest BCUT2D eigenvalue weighted by atomic mass is 32.2. The smallest absolute Gasteiger partial charge is 0.244 e. The van der Waals surface area contributed by atoms with Gasteiger partial charge in [0, 0.05) is 19.3 Å². The van der Waals surface area contributed by atoms with E-state index in [9.17, 15) is 13.2 Å². The zero-order valence-electron chi connectivity index (χ0n) is 14.2. The molecule has 0 spiro atoms. The van der Waals surface area contributed by atoms with Crippen LogP contribution in [-0.2, 0) is 14.8 Å². The third-order valence-corrected chi connectivity index (χ3v) is 7.37. The predicted molar refractivity (Wildman–Crippen MR) is 101 cm³/mol. The van der Waals surface area contributed by atoms with Crippen LogP contribution in [0.1, 0.15) is 30.1 Å². The first-order chi connectivity index (χ1) is 12.5. The number of thioether (sulfide) groups is 1. The number of carbonyl (C=O) groups excluding carboxylic acids is 1. The number of piperidine rings is 1. The van der Waals surface area contributed by atoms with Crippen LogP contribution in [0.15, 0.2) is 58.6 Å². The number of primary amides is 1. The lowest BCUT2D eigenvalue weighted by Gasteiger charge is -2.25. The fraction of sp³-hybridized carbons (Fsp3) is 0.333. The maximum atomic E-state index is 12.7. The second-order valence-electron chi connectivity index (χ2n) is 6.11. The summed E-state index contributed by atoms with van der Waals surface area (Å²) >= 11 is 1.21. The van der Waals surface area contributed by atoms with Gasteiger partial charge in [-0.15, -0.1) is 0 Å². The molecule has 1 fully saturated rings. The van der Waals surface area contributed by atoms with Crippen LogP contribution in [0.25, 0.3) is 0 Å². The Bertz CT molecular complexity index is 849. The van der Waals surface area contributed by atoms with Crippen LogP contribution < -0.4 is 5.73 Å². The van der Waals surface area contributed by atoms with Crippen molar-refractivity contribution in [2.75, 3.05) is 13.1 Å². The molecule has 1 aliphatic rings. The van der Waals surface area contributed by atoms with Crippen LogP contribution >= 0.6 is 11.8 Å². The zero-order chi connectivity index (χ0) is 18.6. The number of rotatable bonds is 6. The molecule has 1 aliphatic heterocycles. The minimum absolute atomic E-state index is 0.180. The summed E-state index contributed by atoms with van der Waals surface area (Å²) in [4.78, 5) is 16.2. The van der Waals surface area contributed by atoms with Crippen molar-refractivity contribution < 1.29 is 13.2 Å². The molecular formula is C18H21N3O3S2. The molecule has 1 aromatic carbocycles. The van der Waals surface area contributed by atoms with E-state index < -0.39 is 21.2 Å². The molecule has 1 amide bonds. The number of pyridine rings is 1. The first kappa shape index (κ1) is 18.9. The van der Waals surface area contributed by atoms with E-state index in [1.807, 2.05) is 30.3 Å². The molecule has 1 saturated heterocycles. The van der Waals surface area contributed by atoms with Gasteiger partial charge in [0.05, 0.1) is 5.03 Å². The summed E-state index contributed by atoms with van der Waals surface area (Å²) in [5.74, 6) is -0.465. The maximum Gasteiger partial charge on any atom is 0.244 e. The number of hydrogen-bond acceptors (Lipinski definition) is 5. The molecule has 8 heteroatoms. The highest BCUT2D eigenvalue weighted by Gasteiger charge is 2.26. The average molecular weight is 392 g/mol. The number of nitrogens with zero attached hydrogens (tertiary/aromatic N) is 2. The van der Waals surface area contributed by atoms with Gasteiger partial charge in [-0.3, -0.25) is 4.79 Å². The Morgan fingerprint density at radius 3 is 2.35 bits per heavy atom. The molecule has 3 rings (SSSR count). The largest absolute Gasteiger partial charge is 0.368 e. The van der Waals surface area contributed by atoms with Gasteiger partial charge in [-0.05, 0) is 30.5 Å². The second-order valence-corrected chi connectivity index (χ2v) is 9.17. The van der Waals surface area contributed by atoms with E-state index in [2.05, 4.69) is 4.98 Å². The van der Waals surface area contributed by atoms with Crippen molar-refractivity contribution in [3.05, 3.63) is 54.2 Å². The lowest BCUT2D eigenvalue weighted by Crippen LogP contribution is -2.35. The number of carbonyl (C=O) groups is 1. The van der Waals surface area contributed by atoms with Gasteiger partial charge in [0.15, 0.2) is 0 Å². The molecular weight excluding hydrogens is 370 g/mol. The lowest BCUT2D eigenvalue weighted by atomic mass is 10.1. The molecule has 1 aromatic heterocycles. The standard InChI is InChI=1S/C18H21N3O3S2/c19-18(22)17(14-7-3-1-4-8-14)25-16-10-9-15(13-20-16)26(23,24)21-11-5-2-6-12-21/h1,3-4,7-10,13,17H,2,5-6,11-12H2,(H2,19,22)/t17-/m1/s1. The SMILES string of the molecule is NC(=O)[C@H](Sc1ccc(S(=O)(=O)N2CCCCC2)cn1)c1ccccc1. The van der Waals surface area contributed by atoms with Crippen LogP contribution in [0.5, 0.6) is 0 Å². The number of nitrogens with two attached hydrogens (primary N) is 1. The lowest BCUT2D eigenvalue weighted by molar-refractivity contribution is -0.117. The van der Waals surface area contributed by atoms with Gasteiger partial charge in [-0.2, -0.15) is 4.31 Å². The van der Waals surface area contributed by atoms with Crippen molar-refractivity contribution in [1.82, 2.24) is 9.29 Å². The molecule has 1 atom stereocenters. The first-order valence-corrected chi connectivity index (χ1v) is 10.8. The van der Waals surface area contributed by atoms with Crippen LogP contribution in [0.3, 0.4) is 0 Å². The summed E-state index contributed by atoms with van der Waals surface area (Å²) in [6.07, 6.45) is 4.19. The van der Waals surface area contributed by atoms with Crippen LogP contribution in [0.4, 0.5) is 0 Å². The third kappa shape index (κ3) is 4.25. The van der Waals surface area contributed by atoms with E-state index >= 15 is 0 Å². The topological polar surface area (TPSA) is 93.4 Å². The summed E-state index contributed by atoms with van der Waals surface area (Å²) in [5.41, 5.74) is 6.31. The summed E-state index contributed by atoms with van der Waals surface area (Å²) in [6, 6.07) is 12.4. The Kier molecular flexibility index (Phi) is 5.95. The molecule has 26 heavy (non-hydrogen) atoms. The third-order valence-electron chi connectivity index (χ3n) is 4.26. The summed E-state index contributed by atoms with van der Waals surface area (Å²) in [5, 5.41) is -0.0245. The fourth-order valence-electron chi connectivity index (χ4n) is 2.88. The molecule has 6 nitrogen and oxygen atoms in total. The first-order valence-electron chi connectivity index (χ1n) is 8.45. The molecule has 0 bridgehead atoms. The minimum atomic E-state index is -3.51. The predicted octanol–water partition coefficient (Wildman–Crippen LogP) is 2.57. The van der Waals surface area contributed by atoms with Gasteiger partial charge in [0.25, 0.3) is 0 Å². The molecule has 2 heterocycles. The van der Waals surface area contributed by atoms with Crippen molar-refractivity contribution in [3.63, 3.8) is 0 Å². The molecule has 138 valence electrons. The molecule has 2 N–H and O–H groups in total. The van der Waals surface area contributed by atoms with Crippen LogP contribution in [-0.4, -0.2) is 36.7 Å². The van der Waals surface area contributed by atoms with Gasteiger partial charge in [-0.1, -0.05) is 48.5 Å². The van der Waals surface area contributed by atoms with Crippen molar-refractivity contribution >= 4 is 27.7 Å². The number of hydrogen-bond donors (Lipinski definition) is 1. The Labute approximate surface area is 157 Å². The number of benzene rings is 1. The fourth-order valence-corrected chi connectivity index (χ4v) is 5.26. The molecule has 0 unspecified atom stereocenters. The quantitative estimate of drug-likeness (QED) is 0.764. The average Bonchev–Trinajstić information content (AvgIpc) is 2.67. The Morgan fingerprint density at radius 1 is 1.08 bits per heavy atom. The van der Waals surface area contributed by atoms with Gasteiger partial charge >= 0.3 is 0 Å². The van der Waals surface area contributed by atoms with E-state index in [1.54, 1.807) is 12.1 Å². The van der Waals surface area contributed by atoms with Crippen molar-refractivity contribution in [2.24, 2.45) is 5.73 Å². The van der Waals surface area contributed by atoms with Gasteiger partial charge in [0.2, 0.25) is 15.9 Å². The summed E-state index contributed by atoms with van der Waals surface area (Å²) in [7, 11) is -3.51. The van der Waals surface area contributed by atoms with E-state index in [1.165, 1.54) is 22.3 Å². The highest BCUT2D eigenvalue weighted by Crippen LogP contribution is 2.34. The summed E-state index contributed by atoms with van der Waals surface area (Å²) < 4.78 is 26.8.